The number of hydrogen-bond acceptors (Lipinski definition) is 4. The number of rotatable bonds is 5. The van der Waals surface area contributed by atoms with E-state index in [0.29, 0.717) is 19.7 Å². The zero-order chi connectivity index (χ0) is 12.8. The van der Waals surface area contributed by atoms with Gasteiger partial charge in [-0.15, -0.1) is 0 Å². The molecule has 1 saturated heterocycles. The third-order valence-electron chi connectivity index (χ3n) is 3.16. The lowest BCUT2D eigenvalue weighted by molar-refractivity contribution is -0.149. The SMILES string of the molecule is CCOC(=O)C1CCCN1CC(=O)N(C)CC. The van der Waals surface area contributed by atoms with Crippen LogP contribution in [-0.4, -0.2) is 61.0 Å². The molecule has 0 aromatic rings. The Kier molecular flexibility index (Phi) is 5.41. The van der Waals surface area contributed by atoms with Gasteiger partial charge in [-0.2, -0.15) is 0 Å². The summed E-state index contributed by atoms with van der Waals surface area (Å²) in [5, 5.41) is 0. The van der Waals surface area contributed by atoms with E-state index in [0.717, 1.165) is 19.4 Å². The number of ether oxygens (including phenoxy) is 1. The van der Waals surface area contributed by atoms with Gasteiger partial charge in [-0.05, 0) is 33.2 Å². The van der Waals surface area contributed by atoms with Crippen LogP contribution in [0.15, 0.2) is 0 Å². The first-order valence-electron chi connectivity index (χ1n) is 6.24. The van der Waals surface area contributed by atoms with Crippen LogP contribution in [0.4, 0.5) is 0 Å². The molecule has 0 aliphatic carbocycles. The second-order valence-electron chi connectivity index (χ2n) is 4.29. The van der Waals surface area contributed by atoms with Crippen molar-refractivity contribution in [3.63, 3.8) is 0 Å². The highest BCUT2D eigenvalue weighted by molar-refractivity contribution is 5.80. The molecule has 5 heteroatoms. The molecule has 1 aliphatic heterocycles. The zero-order valence-corrected chi connectivity index (χ0v) is 10.9. The van der Waals surface area contributed by atoms with Crippen molar-refractivity contribution in [1.82, 2.24) is 9.80 Å². The Morgan fingerprint density at radius 3 is 2.71 bits per heavy atom. The summed E-state index contributed by atoms with van der Waals surface area (Å²) in [5.41, 5.74) is 0. The molecule has 0 spiro atoms. The zero-order valence-electron chi connectivity index (χ0n) is 10.9. The summed E-state index contributed by atoms with van der Waals surface area (Å²) in [6.45, 7) is 5.93. The number of nitrogens with zero attached hydrogens (tertiary/aromatic N) is 2. The Hall–Kier alpha value is -1.10. The fourth-order valence-corrected chi connectivity index (χ4v) is 1.99. The molecule has 1 unspecified atom stereocenters. The molecule has 0 aromatic carbocycles. The van der Waals surface area contributed by atoms with Gasteiger partial charge >= 0.3 is 5.97 Å². The third-order valence-corrected chi connectivity index (χ3v) is 3.16. The van der Waals surface area contributed by atoms with E-state index in [2.05, 4.69) is 0 Å². The Balaban J connectivity index is 2.52. The highest BCUT2D eigenvalue weighted by Gasteiger charge is 2.33. The molecule has 1 amide bonds. The van der Waals surface area contributed by atoms with Crippen LogP contribution in [0.1, 0.15) is 26.7 Å². The number of carbonyl (C=O) groups is 2. The minimum atomic E-state index is -0.232. The Morgan fingerprint density at radius 2 is 2.12 bits per heavy atom. The molecule has 0 saturated carbocycles. The predicted octanol–water partition coefficient (Wildman–Crippen LogP) is 0.492. The van der Waals surface area contributed by atoms with Crippen LogP contribution in [0.3, 0.4) is 0 Å². The topological polar surface area (TPSA) is 49.9 Å². The lowest BCUT2D eigenvalue weighted by Gasteiger charge is -2.24. The summed E-state index contributed by atoms with van der Waals surface area (Å²) in [6, 6.07) is -0.232. The Morgan fingerprint density at radius 1 is 1.41 bits per heavy atom. The fourth-order valence-electron chi connectivity index (χ4n) is 1.99. The van der Waals surface area contributed by atoms with E-state index in [-0.39, 0.29) is 17.9 Å². The first kappa shape index (κ1) is 14.0. The highest BCUT2D eigenvalue weighted by Crippen LogP contribution is 2.18. The van der Waals surface area contributed by atoms with Gasteiger partial charge in [-0.1, -0.05) is 0 Å². The summed E-state index contributed by atoms with van der Waals surface area (Å²) in [6.07, 6.45) is 1.74. The molecule has 1 heterocycles. The number of esters is 1. The summed E-state index contributed by atoms with van der Waals surface area (Å²) >= 11 is 0. The molecule has 0 N–H and O–H groups in total. The largest absolute Gasteiger partial charge is 0.465 e. The average Bonchev–Trinajstić information content (AvgIpc) is 2.76. The van der Waals surface area contributed by atoms with Crippen molar-refractivity contribution in [2.24, 2.45) is 0 Å². The maximum Gasteiger partial charge on any atom is 0.323 e. The lowest BCUT2D eigenvalue weighted by atomic mass is 10.2. The molecular weight excluding hydrogens is 220 g/mol. The first-order valence-corrected chi connectivity index (χ1v) is 6.24. The van der Waals surface area contributed by atoms with Gasteiger partial charge in [0.25, 0.3) is 0 Å². The van der Waals surface area contributed by atoms with E-state index >= 15 is 0 Å². The second kappa shape index (κ2) is 6.59. The van der Waals surface area contributed by atoms with Crippen molar-refractivity contribution in [3.05, 3.63) is 0 Å². The second-order valence-corrected chi connectivity index (χ2v) is 4.29. The van der Waals surface area contributed by atoms with E-state index in [1.54, 1.807) is 18.9 Å². The van der Waals surface area contributed by atoms with E-state index in [1.807, 2.05) is 11.8 Å². The molecule has 0 aromatic heterocycles. The molecule has 0 radical (unpaired) electrons. The van der Waals surface area contributed by atoms with Crippen LogP contribution in [0.5, 0.6) is 0 Å². The molecule has 0 bridgehead atoms. The summed E-state index contributed by atoms with van der Waals surface area (Å²) in [4.78, 5) is 27.1. The molecule has 1 aliphatic rings. The molecule has 1 atom stereocenters. The number of carbonyl (C=O) groups excluding carboxylic acids is 2. The smallest absolute Gasteiger partial charge is 0.323 e. The predicted molar refractivity (Wildman–Crippen MR) is 64.5 cm³/mol. The number of hydrogen-bond donors (Lipinski definition) is 0. The van der Waals surface area contributed by atoms with Crippen molar-refractivity contribution in [2.45, 2.75) is 32.7 Å². The molecular formula is C12H22N2O3. The van der Waals surface area contributed by atoms with Gasteiger partial charge in [-0.3, -0.25) is 14.5 Å². The van der Waals surface area contributed by atoms with Crippen molar-refractivity contribution < 1.29 is 14.3 Å². The van der Waals surface area contributed by atoms with Crippen LogP contribution >= 0.6 is 0 Å². The maximum absolute atomic E-state index is 11.8. The lowest BCUT2D eigenvalue weighted by Crippen LogP contribution is -2.44. The maximum atomic E-state index is 11.8. The normalized spacial score (nSPS) is 20.3. The number of likely N-dealkylation sites (tertiary alicyclic amines) is 1. The first-order chi connectivity index (χ1) is 8.10. The van der Waals surface area contributed by atoms with Gasteiger partial charge in [-0.25, -0.2) is 0 Å². The van der Waals surface area contributed by atoms with Crippen LogP contribution < -0.4 is 0 Å². The Bertz CT molecular complexity index is 281. The van der Waals surface area contributed by atoms with Crippen molar-refractivity contribution in [1.29, 1.82) is 0 Å². The fraction of sp³-hybridized carbons (Fsp3) is 0.833. The van der Waals surface area contributed by atoms with E-state index in [4.69, 9.17) is 4.74 Å². The van der Waals surface area contributed by atoms with Gasteiger partial charge in [0.15, 0.2) is 0 Å². The van der Waals surface area contributed by atoms with Crippen LogP contribution in [-0.2, 0) is 14.3 Å². The quantitative estimate of drug-likeness (QED) is 0.658. The average molecular weight is 242 g/mol. The van der Waals surface area contributed by atoms with E-state index in [1.165, 1.54) is 0 Å². The van der Waals surface area contributed by atoms with Crippen molar-refractivity contribution >= 4 is 11.9 Å². The minimum Gasteiger partial charge on any atom is -0.465 e. The highest BCUT2D eigenvalue weighted by atomic mass is 16.5. The number of amides is 1. The van der Waals surface area contributed by atoms with Gasteiger partial charge in [0, 0.05) is 13.6 Å². The van der Waals surface area contributed by atoms with Crippen molar-refractivity contribution in [3.8, 4) is 0 Å². The summed E-state index contributed by atoms with van der Waals surface area (Å²) in [7, 11) is 1.78. The minimum absolute atomic E-state index is 0.0590. The molecule has 1 fully saturated rings. The Labute approximate surface area is 103 Å². The van der Waals surface area contributed by atoms with Gasteiger partial charge in [0.05, 0.1) is 13.2 Å². The molecule has 17 heavy (non-hydrogen) atoms. The van der Waals surface area contributed by atoms with Crippen LogP contribution in [0.2, 0.25) is 0 Å². The molecule has 98 valence electrons. The van der Waals surface area contributed by atoms with Crippen LogP contribution in [0, 0.1) is 0 Å². The van der Waals surface area contributed by atoms with Crippen LogP contribution in [0.25, 0.3) is 0 Å². The van der Waals surface area contributed by atoms with E-state index < -0.39 is 0 Å². The van der Waals surface area contributed by atoms with Crippen molar-refractivity contribution in [2.75, 3.05) is 33.3 Å². The molecule has 1 rings (SSSR count). The third kappa shape index (κ3) is 3.70. The van der Waals surface area contributed by atoms with Gasteiger partial charge in [0.1, 0.15) is 6.04 Å². The monoisotopic (exact) mass is 242 g/mol. The molecule has 5 nitrogen and oxygen atoms in total. The summed E-state index contributed by atoms with van der Waals surface area (Å²) in [5.74, 6) is -0.138. The standard InChI is InChI=1S/C12H22N2O3/c1-4-13(3)11(15)9-14-8-6-7-10(14)12(16)17-5-2/h10H,4-9H2,1-3H3. The van der Waals surface area contributed by atoms with E-state index in [9.17, 15) is 9.59 Å². The summed E-state index contributed by atoms with van der Waals surface area (Å²) < 4.78 is 5.02. The number of likely N-dealkylation sites (N-methyl/N-ethyl adjacent to an activating group) is 1. The van der Waals surface area contributed by atoms with Gasteiger partial charge in [0.2, 0.25) is 5.91 Å². The van der Waals surface area contributed by atoms with Gasteiger partial charge < -0.3 is 9.64 Å².